The zero-order valence-electron chi connectivity index (χ0n) is 21.0. The fourth-order valence-electron chi connectivity index (χ4n) is 3.70. The summed E-state index contributed by atoms with van der Waals surface area (Å²) in [6, 6.07) is 16.2. The van der Waals surface area contributed by atoms with Crippen LogP contribution in [0.2, 0.25) is 4.34 Å². The second kappa shape index (κ2) is 11.9. The van der Waals surface area contributed by atoms with Gasteiger partial charge in [0.15, 0.2) is 5.82 Å². The van der Waals surface area contributed by atoms with E-state index in [9.17, 15) is 13.2 Å². The number of methoxy groups -OCH3 is 1. The number of hydrogen-bond acceptors (Lipinski definition) is 7. The van der Waals surface area contributed by atoms with Crippen LogP contribution in [0.5, 0.6) is 5.75 Å². The maximum Gasteiger partial charge on any atom is 0.272 e. The van der Waals surface area contributed by atoms with Crippen LogP contribution in [0.25, 0.3) is 10.9 Å². The lowest BCUT2D eigenvalue weighted by atomic mass is 9.92. The van der Waals surface area contributed by atoms with Gasteiger partial charge in [0.1, 0.15) is 9.96 Å². The van der Waals surface area contributed by atoms with Gasteiger partial charge in [-0.2, -0.15) is 5.10 Å². The molecule has 2 aromatic carbocycles. The van der Waals surface area contributed by atoms with Gasteiger partial charge < -0.3 is 15.8 Å². The average molecular weight is 599 g/mol. The Morgan fingerprint density at radius 2 is 1.87 bits per heavy atom. The van der Waals surface area contributed by atoms with Crippen LogP contribution in [0.4, 0.5) is 5.82 Å². The van der Waals surface area contributed by atoms with E-state index in [4.69, 9.17) is 22.1 Å². The number of ether oxygens (including phenoxy) is 1. The third-order valence-electron chi connectivity index (χ3n) is 5.91. The number of nitrogens with two attached hydrogens (primary N) is 1. The molecule has 0 unspecified atom stereocenters. The lowest BCUT2D eigenvalue weighted by molar-refractivity contribution is -0.129. The molecule has 204 valence electrons. The Morgan fingerprint density at radius 3 is 2.53 bits per heavy atom. The van der Waals surface area contributed by atoms with Crippen molar-refractivity contribution in [2.24, 2.45) is 11.1 Å². The van der Waals surface area contributed by atoms with Gasteiger partial charge in [0.05, 0.1) is 34.3 Å². The van der Waals surface area contributed by atoms with Gasteiger partial charge in [0.2, 0.25) is 5.91 Å². The minimum Gasteiger partial charge on any atom is -0.496 e. The molecule has 2 aromatic heterocycles. The van der Waals surface area contributed by atoms with Crippen molar-refractivity contribution in [3.63, 3.8) is 0 Å². The number of nitrogens with one attached hydrogen (secondary N) is 2. The summed E-state index contributed by atoms with van der Waals surface area (Å²) < 4.78 is 36.3. The largest absolute Gasteiger partial charge is 0.496 e. The molecular weight excluding hydrogens is 569 g/mol. The molecule has 0 aliphatic carbocycles. The molecule has 38 heavy (non-hydrogen) atoms. The first kappa shape index (κ1) is 29.7. The molecule has 9 nitrogen and oxygen atoms in total. The minimum atomic E-state index is -3.90. The van der Waals surface area contributed by atoms with Crippen molar-refractivity contribution >= 4 is 68.0 Å². The highest BCUT2D eigenvalue weighted by Crippen LogP contribution is 2.35. The molecule has 1 amide bonds. The number of anilines is 1. The van der Waals surface area contributed by atoms with Crippen molar-refractivity contribution < 1.29 is 17.9 Å². The fourth-order valence-corrected chi connectivity index (χ4v) is 6.20. The van der Waals surface area contributed by atoms with E-state index in [0.717, 1.165) is 22.5 Å². The van der Waals surface area contributed by atoms with E-state index in [-0.39, 0.29) is 34.9 Å². The van der Waals surface area contributed by atoms with Gasteiger partial charge in [-0.05, 0) is 49.2 Å². The van der Waals surface area contributed by atoms with Crippen LogP contribution in [0.3, 0.4) is 0 Å². The minimum absolute atomic E-state index is 0. The summed E-state index contributed by atoms with van der Waals surface area (Å²) in [4.78, 5) is 12.4. The summed E-state index contributed by atoms with van der Waals surface area (Å²) in [5, 5.41) is 8.07. The number of carbonyl (C=O) groups is 1. The summed E-state index contributed by atoms with van der Waals surface area (Å²) >= 11 is 6.91. The van der Waals surface area contributed by atoms with Crippen LogP contribution < -0.4 is 20.5 Å². The Kier molecular flexibility index (Phi) is 9.32. The number of rotatable bonds is 10. The lowest BCUT2D eigenvalue weighted by Gasteiger charge is -2.21. The quantitative estimate of drug-likeness (QED) is 0.244. The van der Waals surface area contributed by atoms with Crippen LogP contribution in [-0.4, -0.2) is 37.8 Å². The summed E-state index contributed by atoms with van der Waals surface area (Å²) in [5.74, 6) is 0.531. The van der Waals surface area contributed by atoms with Crippen LogP contribution in [-0.2, 0) is 27.9 Å². The maximum atomic E-state index is 13.0. The van der Waals surface area contributed by atoms with Gasteiger partial charge in [-0.3, -0.25) is 14.2 Å². The van der Waals surface area contributed by atoms with E-state index >= 15 is 0 Å². The number of amides is 1. The molecule has 0 aliphatic rings. The molecule has 0 saturated carbocycles. The summed E-state index contributed by atoms with van der Waals surface area (Å²) in [7, 11) is -2.38. The molecule has 13 heteroatoms. The van der Waals surface area contributed by atoms with Gasteiger partial charge in [-0.15, -0.1) is 23.7 Å². The summed E-state index contributed by atoms with van der Waals surface area (Å²) in [6.45, 7) is 4.58. The molecule has 0 radical (unpaired) electrons. The second-order valence-corrected chi connectivity index (χ2v) is 12.7. The molecule has 4 rings (SSSR count). The molecule has 0 bridgehead atoms. The monoisotopic (exact) mass is 597 g/mol. The van der Waals surface area contributed by atoms with E-state index < -0.39 is 15.4 Å². The van der Waals surface area contributed by atoms with Gasteiger partial charge in [0, 0.05) is 13.1 Å². The number of thiophene rings is 1. The van der Waals surface area contributed by atoms with Crippen molar-refractivity contribution in [2.75, 3.05) is 18.4 Å². The topological polar surface area (TPSA) is 128 Å². The van der Waals surface area contributed by atoms with Crippen molar-refractivity contribution in [1.29, 1.82) is 0 Å². The highest BCUT2D eigenvalue weighted by atomic mass is 35.5. The predicted octanol–water partition coefficient (Wildman–Crippen LogP) is 4.63. The van der Waals surface area contributed by atoms with Crippen molar-refractivity contribution in [2.45, 2.75) is 31.1 Å². The van der Waals surface area contributed by atoms with E-state index in [2.05, 4.69) is 15.1 Å². The van der Waals surface area contributed by atoms with Crippen LogP contribution >= 0.6 is 35.3 Å². The number of carbonyl (C=O) groups excluding carboxylic acids is 1. The van der Waals surface area contributed by atoms with Gasteiger partial charge in [-0.25, -0.2) is 8.42 Å². The smallest absolute Gasteiger partial charge is 0.272 e. The lowest BCUT2D eigenvalue weighted by Crippen LogP contribution is -2.41. The Morgan fingerprint density at radius 1 is 1.16 bits per heavy atom. The van der Waals surface area contributed by atoms with E-state index in [1.165, 1.54) is 19.2 Å². The molecule has 0 saturated heterocycles. The van der Waals surface area contributed by atoms with Gasteiger partial charge in [0.25, 0.3) is 10.0 Å². The molecule has 0 spiro atoms. The van der Waals surface area contributed by atoms with Gasteiger partial charge >= 0.3 is 0 Å². The highest BCUT2D eigenvalue weighted by molar-refractivity contribution is 7.94. The molecule has 4 aromatic rings. The Balaban J connectivity index is 0.00000400. The third kappa shape index (κ3) is 6.41. The summed E-state index contributed by atoms with van der Waals surface area (Å²) in [5.41, 5.74) is 7.59. The Bertz CT molecular complexity index is 1550. The van der Waals surface area contributed by atoms with Crippen LogP contribution in [0.15, 0.2) is 58.8 Å². The molecule has 4 N–H and O–H groups in total. The summed E-state index contributed by atoms with van der Waals surface area (Å²) in [6.07, 6.45) is 0. The zero-order chi connectivity index (χ0) is 26.8. The number of fused-ring (bicyclic) bond motifs is 1. The number of aromatic nitrogens is 2. The van der Waals surface area contributed by atoms with E-state index in [1.807, 2.05) is 36.4 Å². The Hall–Kier alpha value is -2.83. The fraction of sp³-hybridized carbons (Fsp3) is 0.280. The van der Waals surface area contributed by atoms with E-state index in [1.54, 1.807) is 24.6 Å². The predicted molar refractivity (Wildman–Crippen MR) is 154 cm³/mol. The number of hydrogen-bond donors (Lipinski definition) is 3. The molecule has 0 fully saturated rings. The third-order valence-corrected chi connectivity index (χ3v) is 8.97. The maximum absolute atomic E-state index is 13.0. The van der Waals surface area contributed by atoms with E-state index in [0.29, 0.717) is 34.1 Å². The normalized spacial score (nSPS) is 11.7. The molecule has 0 atom stereocenters. The molecule has 0 aliphatic heterocycles. The number of sulfonamides is 1. The molecular formula is C25H29Cl2N5O4S2. The van der Waals surface area contributed by atoms with Crippen molar-refractivity contribution in [3.05, 3.63) is 70.1 Å². The average Bonchev–Trinajstić information content (AvgIpc) is 3.46. The first-order valence-electron chi connectivity index (χ1n) is 11.4. The SMILES string of the molecule is COc1cccc2c1c(NS(=O)(=O)c1ccc(Cl)s1)nn2Cc1cccc(CNC(=O)C(C)(C)CN)c1.Cl. The number of benzene rings is 2. The first-order valence-corrected chi connectivity index (χ1v) is 14.1. The van der Waals surface area contributed by atoms with Crippen molar-refractivity contribution in [3.8, 4) is 5.75 Å². The second-order valence-electron chi connectivity index (χ2n) is 9.12. The first-order chi connectivity index (χ1) is 17.5. The van der Waals surface area contributed by atoms with Gasteiger partial charge in [-0.1, -0.05) is 41.9 Å². The Labute approximate surface area is 236 Å². The van der Waals surface area contributed by atoms with Crippen LogP contribution in [0, 0.1) is 5.41 Å². The highest BCUT2D eigenvalue weighted by Gasteiger charge is 2.25. The molecule has 2 heterocycles. The van der Waals surface area contributed by atoms with Crippen molar-refractivity contribution in [1.82, 2.24) is 15.1 Å². The van der Waals surface area contributed by atoms with Crippen LogP contribution in [0.1, 0.15) is 25.0 Å². The standard InChI is InChI=1S/C25H28ClN5O4S2.ClH/c1-25(2,15-27)24(32)28-13-16-6-4-7-17(12-16)14-31-18-8-5-9-19(35-3)22(18)23(29-31)30-37(33,34)21-11-10-20(26)36-21;/h4-12H,13-15,27H2,1-3H3,(H,28,32)(H,29,30);1H. The number of halogens is 2. The number of nitrogens with zero attached hydrogens (tertiary/aromatic N) is 2. The zero-order valence-corrected chi connectivity index (χ0v) is 24.2.